The van der Waals surface area contributed by atoms with Gasteiger partial charge in [0, 0.05) is 17.2 Å². The number of rotatable bonds is 7. The Labute approximate surface area is 172 Å². The molecule has 0 aliphatic heterocycles. The lowest BCUT2D eigenvalue weighted by molar-refractivity contribution is -0.123. The average molecular weight is 428 g/mol. The minimum absolute atomic E-state index is 0.0873. The third-order valence-corrected chi connectivity index (χ3v) is 4.32. The molecular weight excluding hydrogens is 409 g/mol. The number of hydrogen-bond acceptors (Lipinski definition) is 6. The Balaban J connectivity index is 2.16. The zero-order chi connectivity index (χ0) is 20.8. The van der Waals surface area contributed by atoms with Crippen LogP contribution in [0.5, 0.6) is 17.2 Å². The maximum Gasteiger partial charge on any atom is 0.342 e. The summed E-state index contributed by atoms with van der Waals surface area (Å²) in [5.74, 6) is -0.393. The number of esters is 1. The molecule has 0 saturated heterocycles. The first kappa shape index (κ1) is 21.7. The molecule has 0 aromatic heterocycles. The summed E-state index contributed by atoms with van der Waals surface area (Å²) in [5.41, 5.74) is 0.437. The topological polar surface area (TPSA) is 83.1 Å². The van der Waals surface area contributed by atoms with E-state index in [2.05, 4.69) is 5.32 Å². The van der Waals surface area contributed by atoms with Crippen LogP contribution >= 0.6 is 23.2 Å². The van der Waals surface area contributed by atoms with Crippen LogP contribution in [0.2, 0.25) is 10.0 Å². The van der Waals surface area contributed by atoms with Crippen molar-refractivity contribution in [1.29, 1.82) is 0 Å². The number of nitrogens with one attached hydrogen (secondary N) is 1. The lowest BCUT2D eigenvalue weighted by Crippen LogP contribution is -2.30. The van der Waals surface area contributed by atoms with Gasteiger partial charge >= 0.3 is 5.97 Å². The van der Waals surface area contributed by atoms with Crippen LogP contribution < -0.4 is 19.5 Å². The molecule has 0 saturated carbocycles. The average Bonchev–Trinajstić information content (AvgIpc) is 2.68. The SMILES string of the molecule is COc1cc(OC)c(C(=O)O[C@@H](C)C(=O)Nc2ccc(Cl)cc2Cl)cc1OC. The fourth-order valence-corrected chi connectivity index (χ4v) is 2.75. The van der Waals surface area contributed by atoms with Crippen LogP contribution in [0.15, 0.2) is 30.3 Å². The normalized spacial score (nSPS) is 11.4. The third-order valence-electron chi connectivity index (χ3n) is 3.77. The molecule has 0 heterocycles. The highest BCUT2D eigenvalue weighted by atomic mass is 35.5. The Kier molecular flexibility index (Phi) is 7.37. The molecule has 0 fully saturated rings. The second kappa shape index (κ2) is 9.52. The smallest absolute Gasteiger partial charge is 0.342 e. The van der Waals surface area contributed by atoms with Crippen molar-refractivity contribution in [2.75, 3.05) is 26.6 Å². The summed E-state index contributed by atoms with van der Waals surface area (Å²) in [7, 11) is 4.30. The van der Waals surface area contributed by atoms with E-state index in [1.165, 1.54) is 46.5 Å². The predicted octanol–water partition coefficient (Wildman–Crippen LogP) is 4.20. The molecule has 150 valence electrons. The van der Waals surface area contributed by atoms with Crippen molar-refractivity contribution in [3.63, 3.8) is 0 Å². The Bertz CT molecular complexity index is 887. The van der Waals surface area contributed by atoms with Gasteiger partial charge < -0.3 is 24.3 Å². The van der Waals surface area contributed by atoms with E-state index in [0.29, 0.717) is 22.2 Å². The van der Waals surface area contributed by atoms with Crippen molar-refractivity contribution in [2.24, 2.45) is 0 Å². The summed E-state index contributed by atoms with van der Waals surface area (Å²) >= 11 is 11.9. The van der Waals surface area contributed by atoms with Gasteiger partial charge in [0.2, 0.25) is 0 Å². The van der Waals surface area contributed by atoms with Crippen molar-refractivity contribution < 1.29 is 28.5 Å². The van der Waals surface area contributed by atoms with Crippen LogP contribution in [-0.4, -0.2) is 39.3 Å². The van der Waals surface area contributed by atoms with Gasteiger partial charge in [0.05, 0.1) is 32.0 Å². The summed E-state index contributed by atoms with van der Waals surface area (Å²) in [6.45, 7) is 1.43. The standard InChI is InChI=1S/C19H19Cl2NO6/c1-10(18(23)22-14-6-5-11(20)7-13(14)21)28-19(24)12-8-16(26-3)17(27-4)9-15(12)25-2/h5-10H,1-4H3,(H,22,23)/t10-/m0/s1. The number of hydrogen-bond donors (Lipinski definition) is 1. The molecule has 1 amide bonds. The number of methoxy groups -OCH3 is 3. The lowest BCUT2D eigenvalue weighted by Gasteiger charge is -2.17. The second-order valence-corrected chi connectivity index (χ2v) is 6.41. The van der Waals surface area contributed by atoms with E-state index in [-0.39, 0.29) is 16.3 Å². The van der Waals surface area contributed by atoms with Gasteiger partial charge in [-0.3, -0.25) is 4.79 Å². The van der Waals surface area contributed by atoms with Gasteiger partial charge in [-0.1, -0.05) is 23.2 Å². The van der Waals surface area contributed by atoms with Crippen LogP contribution in [0, 0.1) is 0 Å². The first-order chi connectivity index (χ1) is 13.3. The molecule has 2 rings (SSSR count). The van der Waals surface area contributed by atoms with Crippen LogP contribution in [0.3, 0.4) is 0 Å². The summed E-state index contributed by atoms with van der Waals surface area (Å²) in [4.78, 5) is 24.9. The molecule has 0 bridgehead atoms. The van der Waals surface area contributed by atoms with Gasteiger partial charge in [0.15, 0.2) is 17.6 Å². The van der Waals surface area contributed by atoms with Gasteiger partial charge in [-0.25, -0.2) is 4.79 Å². The van der Waals surface area contributed by atoms with Crippen molar-refractivity contribution in [2.45, 2.75) is 13.0 Å². The zero-order valence-electron chi connectivity index (χ0n) is 15.7. The minimum atomic E-state index is -1.10. The third kappa shape index (κ3) is 4.99. The van der Waals surface area contributed by atoms with Crippen LogP contribution in [0.4, 0.5) is 5.69 Å². The number of benzene rings is 2. The van der Waals surface area contributed by atoms with Gasteiger partial charge in [-0.05, 0) is 25.1 Å². The highest BCUT2D eigenvalue weighted by molar-refractivity contribution is 6.36. The number of anilines is 1. The first-order valence-electron chi connectivity index (χ1n) is 8.07. The molecule has 2 aromatic carbocycles. The molecular formula is C19H19Cl2NO6. The van der Waals surface area contributed by atoms with E-state index in [1.807, 2.05) is 0 Å². The maximum atomic E-state index is 12.5. The Morgan fingerprint density at radius 2 is 1.54 bits per heavy atom. The van der Waals surface area contributed by atoms with Crippen molar-refractivity contribution in [3.05, 3.63) is 45.9 Å². The molecule has 1 N–H and O–H groups in total. The number of carbonyl (C=O) groups is 2. The molecule has 7 nitrogen and oxygen atoms in total. The van der Waals surface area contributed by atoms with Gasteiger partial charge in [-0.15, -0.1) is 0 Å². The van der Waals surface area contributed by atoms with Gasteiger partial charge in [-0.2, -0.15) is 0 Å². The van der Waals surface area contributed by atoms with E-state index < -0.39 is 18.0 Å². The molecule has 2 aromatic rings. The van der Waals surface area contributed by atoms with Crippen LogP contribution in [-0.2, 0) is 9.53 Å². The largest absolute Gasteiger partial charge is 0.496 e. The molecule has 0 radical (unpaired) electrons. The molecule has 0 unspecified atom stereocenters. The summed E-state index contributed by atoms with van der Waals surface area (Å²) in [6.07, 6.45) is -1.10. The number of carbonyl (C=O) groups excluding carboxylic acids is 2. The molecule has 0 spiro atoms. The Morgan fingerprint density at radius 1 is 0.929 bits per heavy atom. The van der Waals surface area contributed by atoms with Gasteiger partial charge in [0.25, 0.3) is 5.91 Å². The maximum absolute atomic E-state index is 12.5. The molecule has 1 atom stereocenters. The number of halogens is 2. The fraction of sp³-hybridized carbons (Fsp3) is 0.263. The Hall–Kier alpha value is -2.64. The van der Waals surface area contributed by atoms with Crippen LogP contribution in [0.1, 0.15) is 17.3 Å². The second-order valence-electron chi connectivity index (χ2n) is 5.57. The van der Waals surface area contributed by atoms with E-state index in [9.17, 15) is 9.59 Å². The Morgan fingerprint density at radius 3 is 2.11 bits per heavy atom. The predicted molar refractivity (Wildman–Crippen MR) is 106 cm³/mol. The first-order valence-corrected chi connectivity index (χ1v) is 8.83. The number of ether oxygens (including phenoxy) is 4. The van der Waals surface area contributed by atoms with E-state index >= 15 is 0 Å². The quantitative estimate of drug-likeness (QED) is 0.666. The van der Waals surface area contributed by atoms with Crippen molar-refractivity contribution in [3.8, 4) is 17.2 Å². The molecule has 28 heavy (non-hydrogen) atoms. The highest BCUT2D eigenvalue weighted by Crippen LogP contribution is 2.35. The zero-order valence-corrected chi connectivity index (χ0v) is 17.2. The monoisotopic (exact) mass is 427 g/mol. The fourth-order valence-electron chi connectivity index (χ4n) is 2.29. The van der Waals surface area contributed by atoms with Gasteiger partial charge in [0.1, 0.15) is 11.3 Å². The van der Waals surface area contributed by atoms with Crippen molar-refractivity contribution in [1.82, 2.24) is 0 Å². The van der Waals surface area contributed by atoms with E-state index in [0.717, 1.165) is 0 Å². The van der Waals surface area contributed by atoms with Crippen LogP contribution in [0.25, 0.3) is 0 Å². The summed E-state index contributed by atoms with van der Waals surface area (Å²) < 4.78 is 20.8. The lowest BCUT2D eigenvalue weighted by atomic mass is 10.1. The molecule has 0 aliphatic rings. The highest BCUT2D eigenvalue weighted by Gasteiger charge is 2.24. The summed E-state index contributed by atoms with van der Waals surface area (Å²) in [6, 6.07) is 7.53. The molecule has 9 heteroatoms. The van der Waals surface area contributed by atoms with E-state index in [4.69, 9.17) is 42.1 Å². The summed E-state index contributed by atoms with van der Waals surface area (Å²) in [5, 5.41) is 3.28. The number of amides is 1. The minimum Gasteiger partial charge on any atom is -0.496 e. The van der Waals surface area contributed by atoms with E-state index in [1.54, 1.807) is 12.1 Å². The van der Waals surface area contributed by atoms with Crippen molar-refractivity contribution >= 4 is 40.8 Å². The molecule has 0 aliphatic carbocycles.